The molecule has 0 aromatic carbocycles. The summed E-state index contributed by atoms with van der Waals surface area (Å²) in [6.45, 7) is -1.11. The number of hydroxylamine groups is 2. The van der Waals surface area contributed by atoms with E-state index in [1.165, 1.54) is 0 Å². The fourth-order valence-corrected chi connectivity index (χ4v) is 5.52. The molecule has 2 aliphatic carbocycles. The minimum absolute atomic E-state index is 0.136. The van der Waals surface area contributed by atoms with E-state index in [1.807, 2.05) is 0 Å². The van der Waals surface area contributed by atoms with Crippen LogP contribution in [-0.2, 0) is 28.7 Å². The second kappa shape index (κ2) is 9.41. The maximum absolute atomic E-state index is 14.3. The number of esters is 1. The molecule has 1 heterocycles. The Morgan fingerprint density at radius 2 is 1.62 bits per heavy atom. The van der Waals surface area contributed by atoms with E-state index in [0.29, 0.717) is 38.5 Å². The largest absolute Gasteiger partial charge is 0.465 e. The van der Waals surface area contributed by atoms with Crippen molar-refractivity contribution in [3.63, 3.8) is 0 Å². The van der Waals surface area contributed by atoms with Crippen LogP contribution in [0.25, 0.3) is 0 Å². The quantitative estimate of drug-likeness (QED) is 0.412. The van der Waals surface area contributed by atoms with E-state index in [0.717, 1.165) is 19.3 Å². The van der Waals surface area contributed by atoms with Gasteiger partial charge < -0.3 is 9.84 Å². The number of amides is 1. The van der Waals surface area contributed by atoms with Crippen LogP contribution >= 0.6 is 0 Å². The van der Waals surface area contributed by atoms with Crippen LogP contribution in [0.3, 0.4) is 0 Å². The minimum atomic E-state index is -6.36. The van der Waals surface area contributed by atoms with Gasteiger partial charge in [0.2, 0.25) is 0 Å². The van der Waals surface area contributed by atoms with Crippen molar-refractivity contribution in [2.75, 3.05) is 6.61 Å². The zero-order chi connectivity index (χ0) is 23.7. The van der Waals surface area contributed by atoms with Gasteiger partial charge in [0, 0.05) is 11.8 Å². The summed E-state index contributed by atoms with van der Waals surface area (Å²) >= 11 is 0. The first-order valence-electron chi connectivity index (χ1n) is 10.8. The number of nitrogens with zero attached hydrogens (tertiary/aromatic N) is 1. The summed E-state index contributed by atoms with van der Waals surface area (Å²) in [5.41, 5.74) is 0. The third-order valence-electron chi connectivity index (χ3n) is 6.49. The summed E-state index contributed by atoms with van der Waals surface area (Å²) < 4.78 is 89.8. The van der Waals surface area contributed by atoms with Crippen LogP contribution in [0.4, 0.5) is 17.6 Å². The molecule has 0 bridgehead atoms. The van der Waals surface area contributed by atoms with Gasteiger partial charge in [0.05, 0.1) is 18.9 Å². The van der Waals surface area contributed by atoms with E-state index >= 15 is 0 Å². The summed E-state index contributed by atoms with van der Waals surface area (Å²) in [5, 5.41) is 4.27. The summed E-state index contributed by atoms with van der Waals surface area (Å²) in [6, 6.07) is 0. The lowest BCUT2D eigenvalue weighted by Gasteiger charge is -2.28. The summed E-state index contributed by atoms with van der Waals surface area (Å²) in [4.78, 5) is 24.2. The zero-order valence-corrected chi connectivity index (χ0v) is 18.2. The third kappa shape index (κ3) is 4.74. The standard InChI is InChI=1S/C19H27F4NO7S/c20-18(21,10-11-30-17(27)12-6-2-1-3-7-12)19(22,23)32(28,29)31-24-15(25)13-8-4-5-9-14(13)16(24)26/h12-15,25H,1-11H2. The van der Waals surface area contributed by atoms with Gasteiger partial charge in [-0.05, 0) is 25.7 Å². The molecular formula is C19H27F4NO7S. The first kappa shape index (κ1) is 25.2. The SMILES string of the molecule is O=C(OCCC(F)(F)C(F)(F)S(=O)(=O)ON1C(=O)C2CCCCC2C1O)C1CCCCC1. The molecule has 0 radical (unpaired) electrons. The molecule has 1 saturated heterocycles. The highest BCUT2D eigenvalue weighted by Gasteiger charge is 2.68. The Kier molecular flexibility index (Phi) is 7.40. The fraction of sp³-hybridized carbons (Fsp3) is 0.895. The second-order valence-electron chi connectivity index (χ2n) is 8.63. The normalized spacial score (nSPS) is 28.0. The lowest BCUT2D eigenvalue weighted by atomic mass is 9.81. The van der Waals surface area contributed by atoms with Crippen LogP contribution in [0.5, 0.6) is 0 Å². The molecule has 0 aromatic heterocycles. The Morgan fingerprint density at radius 3 is 2.25 bits per heavy atom. The molecule has 0 aromatic rings. The van der Waals surface area contributed by atoms with Crippen molar-refractivity contribution >= 4 is 22.0 Å². The number of fused-ring (bicyclic) bond motifs is 1. The number of hydrogen-bond acceptors (Lipinski definition) is 7. The molecule has 3 rings (SSSR count). The zero-order valence-electron chi connectivity index (χ0n) is 17.4. The van der Waals surface area contributed by atoms with Gasteiger partial charge in [0.25, 0.3) is 5.91 Å². The van der Waals surface area contributed by atoms with Crippen molar-refractivity contribution in [3.05, 3.63) is 0 Å². The summed E-state index contributed by atoms with van der Waals surface area (Å²) in [6.07, 6.45) is 1.82. The maximum atomic E-state index is 14.3. The Bertz CT molecular complexity index is 816. The topological polar surface area (TPSA) is 110 Å². The maximum Gasteiger partial charge on any atom is 0.433 e. The molecule has 184 valence electrons. The Balaban J connectivity index is 1.62. The van der Waals surface area contributed by atoms with E-state index in [1.54, 1.807) is 0 Å². The molecule has 13 heteroatoms. The van der Waals surface area contributed by atoms with Gasteiger partial charge in [-0.15, -0.1) is 4.28 Å². The van der Waals surface area contributed by atoms with Gasteiger partial charge in [-0.2, -0.15) is 31.0 Å². The number of carbonyl (C=O) groups is 2. The van der Waals surface area contributed by atoms with Crippen molar-refractivity contribution in [3.8, 4) is 0 Å². The fourth-order valence-electron chi connectivity index (χ4n) is 4.59. The summed E-state index contributed by atoms with van der Waals surface area (Å²) in [5.74, 6) is -9.00. The highest BCUT2D eigenvalue weighted by molar-refractivity contribution is 7.87. The van der Waals surface area contributed by atoms with Gasteiger partial charge in [-0.25, -0.2) is 0 Å². The van der Waals surface area contributed by atoms with E-state index in [2.05, 4.69) is 9.02 Å². The highest BCUT2D eigenvalue weighted by atomic mass is 32.2. The average molecular weight is 489 g/mol. The number of ether oxygens (including phenoxy) is 1. The molecule has 32 heavy (non-hydrogen) atoms. The third-order valence-corrected chi connectivity index (χ3v) is 7.78. The highest BCUT2D eigenvalue weighted by Crippen LogP contribution is 2.45. The Morgan fingerprint density at radius 1 is 1.03 bits per heavy atom. The van der Waals surface area contributed by atoms with Gasteiger partial charge >= 0.3 is 27.3 Å². The molecule has 3 unspecified atom stereocenters. The van der Waals surface area contributed by atoms with Crippen LogP contribution in [0.1, 0.15) is 64.2 Å². The van der Waals surface area contributed by atoms with E-state index in [9.17, 15) is 40.7 Å². The van der Waals surface area contributed by atoms with Crippen molar-refractivity contribution in [2.24, 2.45) is 17.8 Å². The lowest BCUT2D eigenvalue weighted by molar-refractivity contribution is -0.200. The number of carbonyl (C=O) groups excluding carboxylic acids is 2. The van der Waals surface area contributed by atoms with Crippen LogP contribution < -0.4 is 0 Å². The molecule has 2 saturated carbocycles. The number of aliphatic hydroxyl groups excluding tert-OH is 1. The van der Waals surface area contributed by atoms with E-state index in [4.69, 9.17) is 0 Å². The predicted octanol–water partition coefficient (Wildman–Crippen LogP) is 2.96. The number of aliphatic hydroxyl groups is 1. The predicted molar refractivity (Wildman–Crippen MR) is 100 cm³/mol. The van der Waals surface area contributed by atoms with Crippen LogP contribution in [0.15, 0.2) is 0 Å². The lowest BCUT2D eigenvalue weighted by Crippen LogP contribution is -2.51. The molecule has 1 amide bonds. The van der Waals surface area contributed by atoms with E-state index in [-0.39, 0.29) is 5.06 Å². The average Bonchev–Trinajstić information content (AvgIpc) is 2.98. The van der Waals surface area contributed by atoms with Gasteiger partial charge in [-0.1, -0.05) is 32.1 Å². The van der Waals surface area contributed by atoms with Crippen molar-refractivity contribution in [1.82, 2.24) is 5.06 Å². The monoisotopic (exact) mass is 489 g/mol. The molecule has 3 fully saturated rings. The van der Waals surface area contributed by atoms with Gasteiger partial charge in [-0.3, -0.25) is 9.59 Å². The molecule has 8 nitrogen and oxygen atoms in total. The molecule has 1 aliphatic heterocycles. The first-order chi connectivity index (χ1) is 14.9. The van der Waals surface area contributed by atoms with Gasteiger partial charge in [0.1, 0.15) is 0 Å². The van der Waals surface area contributed by atoms with Crippen LogP contribution in [0.2, 0.25) is 0 Å². The number of halogens is 4. The van der Waals surface area contributed by atoms with Crippen LogP contribution in [0, 0.1) is 17.8 Å². The number of hydrogen-bond donors (Lipinski definition) is 1. The van der Waals surface area contributed by atoms with Gasteiger partial charge in [0.15, 0.2) is 6.23 Å². The first-order valence-corrected chi connectivity index (χ1v) is 12.2. The second-order valence-corrected chi connectivity index (χ2v) is 10.2. The van der Waals surface area contributed by atoms with Crippen molar-refractivity contribution in [1.29, 1.82) is 0 Å². The van der Waals surface area contributed by atoms with E-state index < -0.39 is 70.2 Å². The molecule has 3 atom stereocenters. The Hall–Kier alpha value is -1.47. The molecule has 3 aliphatic rings. The van der Waals surface area contributed by atoms with Crippen molar-refractivity contribution < 1.29 is 49.7 Å². The number of rotatable bonds is 8. The van der Waals surface area contributed by atoms with Crippen molar-refractivity contribution in [2.45, 2.75) is 81.6 Å². The Labute approximate surface area is 183 Å². The summed E-state index contributed by atoms with van der Waals surface area (Å²) in [7, 11) is -6.36. The molecule has 0 spiro atoms. The smallest absolute Gasteiger partial charge is 0.433 e. The minimum Gasteiger partial charge on any atom is -0.465 e. The number of alkyl halides is 4. The molecular weight excluding hydrogens is 462 g/mol. The molecule has 1 N–H and O–H groups in total. The van der Waals surface area contributed by atoms with Crippen LogP contribution in [-0.4, -0.2) is 54.5 Å².